The largest absolute Gasteiger partial charge is 2.00 e. The monoisotopic (exact) mass is 130 g/mol. The molecule has 0 aliphatic rings. The summed E-state index contributed by atoms with van der Waals surface area (Å²) < 4.78 is 0. The summed E-state index contributed by atoms with van der Waals surface area (Å²) in [6, 6.07) is 0. The van der Waals surface area contributed by atoms with Crippen LogP contribution in [0, 0.1) is 11.5 Å². The normalized spacial score (nSPS) is 1.75. The Morgan fingerprint density at radius 1 is 1.75 bits per heavy atom. The van der Waals surface area contributed by atoms with Crippen molar-refractivity contribution in [3.63, 3.8) is 0 Å². The van der Waals surface area contributed by atoms with Gasteiger partial charge in [0, 0.05) is 0 Å². The summed E-state index contributed by atoms with van der Waals surface area (Å²) in [6.07, 6.45) is 1.25. The SMILES string of the molecule is N#CN.[Sr+2]. The molecule has 16 valence electrons. The molecule has 0 heterocycles. The fourth-order valence-corrected chi connectivity index (χ4v) is 0. The van der Waals surface area contributed by atoms with Gasteiger partial charge in [-0.1, -0.05) is 0 Å². The molecule has 2 nitrogen and oxygen atoms in total. The van der Waals surface area contributed by atoms with Gasteiger partial charge in [-0.3, -0.25) is 0 Å². The van der Waals surface area contributed by atoms with Crippen molar-refractivity contribution >= 4 is 45.5 Å². The van der Waals surface area contributed by atoms with Crippen LogP contribution in [0.4, 0.5) is 0 Å². The van der Waals surface area contributed by atoms with Gasteiger partial charge in [0.1, 0.15) is 0 Å². The van der Waals surface area contributed by atoms with Crippen molar-refractivity contribution in [2.24, 2.45) is 5.73 Å². The van der Waals surface area contributed by atoms with E-state index in [1.807, 2.05) is 0 Å². The molecule has 0 aromatic rings. The van der Waals surface area contributed by atoms with E-state index in [4.69, 9.17) is 5.26 Å². The van der Waals surface area contributed by atoms with E-state index in [1.165, 1.54) is 6.19 Å². The zero-order valence-corrected chi connectivity index (χ0v) is 5.71. The van der Waals surface area contributed by atoms with Crippen LogP contribution in [-0.4, -0.2) is 45.5 Å². The Balaban J connectivity index is 0. The summed E-state index contributed by atoms with van der Waals surface area (Å²) in [5.41, 5.74) is 4.15. The first-order valence-electron chi connectivity index (χ1n) is 0.512. The number of nitrogens with zero attached hydrogens (tertiary/aromatic N) is 1. The van der Waals surface area contributed by atoms with Gasteiger partial charge in [0.2, 0.25) is 0 Å². The van der Waals surface area contributed by atoms with Crippen molar-refractivity contribution in [3.8, 4) is 6.19 Å². The van der Waals surface area contributed by atoms with Crippen LogP contribution in [0.25, 0.3) is 0 Å². The molecule has 3 heteroatoms. The molecular weight excluding hydrogens is 128 g/mol. The molecule has 0 unspecified atom stereocenters. The van der Waals surface area contributed by atoms with E-state index in [2.05, 4.69) is 5.73 Å². The molecular formula is CH2N2Sr+2. The molecule has 0 spiro atoms. The van der Waals surface area contributed by atoms with Crippen LogP contribution in [0.3, 0.4) is 0 Å². The third-order valence-electron chi connectivity index (χ3n) is 0. The van der Waals surface area contributed by atoms with Crippen LogP contribution in [0.5, 0.6) is 0 Å². The van der Waals surface area contributed by atoms with Crippen molar-refractivity contribution in [2.75, 3.05) is 0 Å². The van der Waals surface area contributed by atoms with E-state index < -0.39 is 0 Å². The second-order valence-corrected chi connectivity index (χ2v) is 0.129. The van der Waals surface area contributed by atoms with Crippen molar-refractivity contribution in [1.29, 1.82) is 5.26 Å². The topological polar surface area (TPSA) is 49.8 Å². The maximum absolute atomic E-state index is 7.10. The Morgan fingerprint density at radius 2 is 1.75 bits per heavy atom. The van der Waals surface area contributed by atoms with Gasteiger partial charge in [-0.15, -0.1) is 0 Å². The second kappa shape index (κ2) is 9.23. The van der Waals surface area contributed by atoms with Crippen molar-refractivity contribution in [1.82, 2.24) is 0 Å². The van der Waals surface area contributed by atoms with Crippen LogP contribution < -0.4 is 5.73 Å². The summed E-state index contributed by atoms with van der Waals surface area (Å²) >= 11 is 0. The smallest absolute Gasteiger partial charge is 0.337 e. The van der Waals surface area contributed by atoms with E-state index in [1.54, 1.807) is 0 Å². The van der Waals surface area contributed by atoms with Gasteiger partial charge in [-0.05, 0) is 0 Å². The first-order chi connectivity index (χ1) is 1.41. The molecule has 4 heavy (non-hydrogen) atoms. The summed E-state index contributed by atoms with van der Waals surface area (Å²) in [7, 11) is 0. The van der Waals surface area contributed by atoms with E-state index in [9.17, 15) is 0 Å². The maximum Gasteiger partial charge on any atom is 2.00 e. The molecule has 0 aliphatic heterocycles. The number of nitrogens with two attached hydrogens (primary N) is 1. The molecule has 0 aromatic heterocycles. The molecule has 0 aliphatic carbocycles. The average Bonchev–Trinajstić information content (AvgIpc) is 0.918. The molecule has 0 radical (unpaired) electrons. The van der Waals surface area contributed by atoms with Gasteiger partial charge in [-0.25, -0.2) is 0 Å². The third kappa shape index (κ3) is 14.6. The van der Waals surface area contributed by atoms with Crippen LogP contribution >= 0.6 is 0 Å². The molecule has 0 bridgehead atoms. The van der Waals surface area contributed by atoms with E-state index in [0.29, 0.717) is 0 Å². The van der Waals surface area contributed by atoms with Gasteiger partial charge in [-0.2, -0.15) is 5.26 Å². The minimum Gasteiger partial charge on any atom is -0.337 e. The fraction of sp³-hybridized carbons (Fsp3) is 0. The molecule has 0 saturated carbocycles. The minimum absolute atomic E-state index is 0. The second-order valence-electron chi connectivity index (χ2n) is 0.129. The predicted molar refractivity (Wildman–Crippen MR) is 15.6 cm³/mol. The Kier molecular flexibility index (Phi) is 20.4. The zero-order chi connectivity index (χ0) is 2.71. The van der Waals surface area contributed by atoms with Gasteiger partial charge in [0.25, 0.3) is 0 Å². The Morgan fingerprint density at radius 3 is 1.75 bits per heavy atom. The minimum atomic E-state index is 0. The summed E-state index contributed by atoms with van der Waals surface area (Å²) in [6.45, 7) is 0. The molecule has 0 amide bonds. The third-order valence-corrected chi connectivity index (χ3v) is 0. The zero-order valence-electron chi connectivity index (χ0n) is 2.23. The Bertz CT molecular complexity index is 27.5. The Hall–Kier alpha value is 0.771. The standard InChI is InChI=1S/CH2N2.Sr/c2-1-3;/h2H2;/q;+2. The Labute approximate surface area is 61.9 Å². The predicted octanol–water partition coefficient (Wildman–Crippen LogP) is -0.955. The molecule has 0 fully saturated rings. The van der Waals surface area contributed by atoms with Crippen LogP contribution in [0.2, 0.25) is 0 Å². The molecule has 2 N–H and O–H groups in total. The molecule has 0 saturated heterocycles. The number of hydrogen-bond acceptors (Lipinski definition) is 2. The van der Waals surface area contributed by atoms with Crippen LogP contribution in [-0.2, 0) is 0 Å². The molecule has 0 atom stereocenters. The van der Waals surface area contributed by atoms with Crippen molar-refractivity contribution in [3.05, 3.63) is 0 Å². The van der Waals surface area contributed by atoms with Gasteiger partial charge in [0.15, 0.2) is 6.19 Å². The van der Waals surface area contributed by atoms with Crippen LogP contribution in [0.1, 0.15) is 0 Å². The first kappa shape index (κ1) is 8.84. The number of rotatable bonds is 0. The van der Waals surface area contributed by atoms with Gasteiger partial charge < -0.3 is 5.73 Å². The summed E-state index contributed by atoms with van der Waals surface area (Å²) in [5, 5.41) is 7.10. The van der Waals surface area contributed by atoms with E-state index >= 15 is 0 Å². The molecule has 0 aromatic carbocycles. The summed E-state index contributed by atoms with van der Waals surface area (Å²) in [5.74, 6) is 0. The van der Waals surface area contributed by atoms with E-state index in [-0.39, 0.29) is 45.5 Å². The van der Waals surface area contributed by atoms with Crippen molar-refractivity contribution in [2.45, 2.75) is 0 Å². The molecule has 0 rings (SSSR count). The fourth-order valence-electron chi connectivity index (χ4n) is 0. The first-order valence-corrected chi connectivity index (χ1v) is 0.512. The van der Waals surface area contributed by atoms with Gasteiger partial charge in [0.05, 0.1) is 0 Å². The van der Waals surface area contributed by atoms with Crippen LogP contribution in [0.15, 0.2) is 0 Å². The number of hydrogen-bond donors (Lipinski definition) is 1. The maximum atomic E-state index is 7.10. The summed E-state index contributed by atoms with van der Waals surface area (Å²) in [4.78, 5) is 0. The van der Waals surface area contributed by atoms with Gasteiger partial charge >= 0.3 is 45.5 Å². The van der Waals surface area contributed by atoms with Crippen molar-refractivity contribution < 1.29 is 0 Å². The number of nitriles is 1. The average molecular weight is 130 g/mol. The quantitative estimate of drug-likeness (QED) is 0.260. The van der Waals surface area contributed by atoms with E-state index in [0.717, 1.165) is 0 Å².